The SMILES string of the molecule is C[C@@H](Cn1cccn1)NS(=O)(=O)N1CCCCC1. The molecule has 1 fully saturated rings. The smallest absolute Gasteiger partial charge is 0.271 e. The zero-order valence-electron chi connectivity index (χ0n) is 10.6. The molecular formula is C11H20N4O2S. The highest BCUT2D eigenvalue weighted by Crippen LogP contribution is 2.12. The van der Waals surface area contributed by atoms with Crippen molar-refractivity contribution in [2.24, 2.45) is 0 Å². The van der Waals surface area contributed by atoms with Gasteiger partial charge in [-0.25, -0.2) is 0 Å². The summed E-state index contributed by atoms with van der Waals surface area (Å²) in [6.07, 6.45) is 6.54. The van der Waals surface area contributed by atoms with Crippen molar-refractivity contribution >= 4 is 10.2 Å². The highest BCUT2D eigenvalue weighted by molar-refractivity contribution is 7.87. The van der Waals surface area contributed by atoms with Crippen LogP contribution < -0.4 is 4.72 Å². The number of rotatable bonds is 5. The fourth-order valence-electron chi connectivity index (χ4n) is 2.16. The van der Waals surface area contributed by atoms with Crippen LogP contribution in [-0.2, 0) is 16.8 Å². The second kappa shape index (κ2) is 5.81. The highest BCUT2D eigenvalue weighted by Gasteiger charge is 2.25. The van der Waals surface area contributed by atoms with E-state index in [0.717, 1.165) is 19.3 Å². The van der Waals surface area contributed by atoms with Crippen LogP contribution in [0.3, 0.4) is 0 Å². The Kier molecular flexibility index (Phi) is 4.36. The van der Waals surface area contributed by atoms with Crippen molar-refractivity contribution in [2.75, 3.05) is 13.1 Å². The van der Waals surface area contributed by atoms with Crippen LogP contribution in [0.1, 0.15) is 26.2 Å². The van der Waals surface area contributed by atoms with E-state index in [4.69, 9.17) is 0 Å². The van der Waals surface area contributed by atoms with Gasteiger partial charge in [0.05, 0.1) is 6.54 Å². The molecule has 2 rings (SSSR count). The lowest BCUT2D eigenvalue weighted by Gasteiger charge is -2.27. The fraction of sp³-hybridized carbons (Fsp3) is 0.727. The summed E-state index contributed by atoms with van der Waals surface area (Å²) < 4.78 is 30.2. The molecule has 18 heavy (non-hydrogen) atoms. The van der Waals surface area contributed by atoms with Gasteiger partial charge in [0.15, 0.2) is 0 Å². The zero-order valence-corrected chi connectivity index (χ0v) is 11.4. The Hall–Kier alpha value is -0.920. The van der Waals surface area contributed by atoms with Gasteiger partial charge in [0, 0.05) is 31.5 Å². The maximum absolute atomic E-state index is 12.1. The molecule has 7 heteroatoms. The second-order valence-electron chi connectivity index (χ2n) is 4.71. The monoisotopic (exact) mass is 272 g/mol. The summed E-state index contributed by atoms with van der Waals surface area (Å²) in [4.78, 5) is 0. The molecule has 0 bridgehead atoms. The molecule has 1 atom stereocenters. The number of nitrogens with zero attached hydrogens (tertiary/aromatic N) is 3. The molecule has 2 heterocycles. The van der Waals surface area contributed by atoms with E-state index in [9.17, 15) is 8.42 Å². The zero-order chi connectivity index (χ0) is 13.0. The molecule has 0 radical (unpaired) electrons. The van der Waals surface area contributed by atoms with Crippen LogP contribution >= 0.6 is 0 Å². The minimum Gasteiger partial charge on any atom is -0.271 e. The molecule has 102 valence electrons. The number of aromatic nitrogens is 2. The third-order valence-corrected chi connectivity index (χ3v) is 4.77. The molecule has 0 aromatic carbocycles. The molecule has 6 nitrogen and oxygen atoms in total. The second-order valence-corrected chi connectivity index (χ2v) is 6.41. The van der Waals surface area contributed by atoms with Crippen molar-refractivity contribution in [1.82, 2.24) is 18.8 Å². The largest absolute Gasteiger partial charge is 0.279 e. The minimum atomic E-state index is -3.34. The average molecular weight is 272 g/mol. The Morgan fingerprint density at radius 3 is 2.67 bits per heavy atom. The van der Waals surface area contributed by atoms with Crippen molar-refractivity contribution < 1.29 is 8.42 Å². The summed E-state index contributed by atoms with van der Waals surface area (Å²) in [5, 5.41) is 4.07. The van der Waals surface area contributed by atoms with Crippen LogP contribution in [0.2, 0.25) is 0 Å². The fourth-order valence-corrected chi connectivity index (χ4v) is 3.63. The lowest BCUT2D eigenvalue weighted by Crippen LogP contribution is -2.47. The molecule has 1 aliphatic heterocycles. The first kappa shape index (κ1) is 13.5. The number of piperidine rings is 1. The van der Waals surface area contributed by atoms with Crippen LogP contribution in [0, 0.1) is 0 Å². The van der Waals surface area contributed by atoms with E-state index in [1.54, 1.807) is 10.9 Å². The predicted molar refractivity (Wildman–Crippen MR) is 69.2 cm³/mol. The lowest BCUT2D eigenvalue weighted by molar-refractivity contribution is 0.336. The van der Waals surface area contributed by atoms with Crippen LogP contribution in [0.15, 0.2) is 18.5 Å². The Balaban J connectivity index is 1.90. The van der Waals surface area contributed by atoms with Gasteiger partial charge >= 0.3 is 0 Å². The third-order valence-electron chi connectivity index (χ3n) is 3.03. The topological polar surface area (TPSA) is 67.2 Å². The van der Waals surface area contributed by atoms with Gasteiger partial charge in [-0.15, -0.1) is 0 Å². The quantitative estimate of drug-likeness (QED) is 0.853. The van der Waals surface area contributed by atoms with Crippen molar-refractivity contribution in [1.29, 1.82) is 0 Å². The van der Waals surface area contributed by atoms with E-state index in [2.05, 4.69) is 9.82 Å². The summed E-state index contributed by atoms with van der Waals surface area (Å²) in [6.45, 7) is 3.65. The summed E-state index contributed by atoms with van der Waals surface area (Å²) in [5.41, 5.74) is 0. The summed E-state index contributed by atoms with van der Waals surface area (Å²) in [5.74, 6) is 0. The van der Waals surface area contributed by atoms with Gasteiger partial charge in [0.1, 0.15) is 0 Å². The van der Waals surface area contributed by atoms with Gasteiger partial charge in [-0.3, -0.25) is 4.68 Å². The molecular weight excluding hydrogens is 252 g/mol. The van der Waals surface area contributed by atoms with Crippen molar-refractivity contribution in [3.63, 3.8) is 0 Å². The molecule has 1 aromatic heterocycles. The van der Waals surface area contributed by atoms with Gasteiger partial charge in [-0.1, -0.05) is 6.42 Å². The number of hydrogen-bond donors (Lipinski definition) is 1. The molecule has 0 aliphatic carbocycles. The first-order valence-electron chi connectivity index (χ1n) is 6.33. The molecule has 1 N–H and O–H groups in total. The standard InChI is InChI=1S/C11H20N4O2S/c1-11(10-14-7-5-6-12-14)13-18(16,17)15-8-3-2-4-9-15/h5-7,11,13H,2-4,8-10H2,1H3/t11-/m0/s1. The van der Waals surface area contributed by atoms with Crippen LogP contribution in [0.5, 0.6) is 0 Å². The van der Waals surface area contributed by atoms with E-state index < -0.39 is 10.2 Å². The van der Waals surface area contributed by atoms with E-state index >= 15 is 0 Å². The number of nitrogens with one attached hydrogen (secondary N) is 1. The van der Waals surface area contributed by atoms with E-state index in [1.807, 2.05) is 19.2 Å². The normalized spacial score (nSPS) is 19.8. The molecule has 1 aromatic rings. The van der Waals surface area contributed by atoms with Crippen LogP contribution in [-0.4, -0.2) is 41.6 Å². The summed E-state index contributed by atoms with van der Waals surface area (Å²) in [6, 6.07) is 1.66. The van der Waals surface area contributed by atoms with E-state index in [1.165, 1.54) is 4.31 Å². The van der Waals surface area contributed by atoms with Crippen molar-refractivity contribution in [3.8, 4) is 0 Å². The van der Waals surface area contributed by atoms with Gasteiger partial charge < -0.3 is 0 Å². The van der Waals surface area contributed by atoms with Crippen molar-refractivity contribution in [2.45, 2.75) is 38.8 Å². The van der Waals surface area contributed by atoms with Gasteiger partial charge in [0.25, 0.3) is 10.2 Å². The first-order chi connectivity index (χ1) is 8.58. The molecule has 1 aliphatic rings. The van der Waals surface area contributed by atoms with E-state index in [0.29, 0.717) is 19.6 Å². The van der Waals surface area contributed by atoms with Crippen LogP contribution in [0.4, 0.5) is 0 Å². The summed E-state index contributed by atoms with van der Waals surface area (Å²) >= 11 is 0. The Morgan fingerprint density at radius 2 is 2.06 bits per heavy atom. The maximum Gasteiger partial charge on any atom is 0.279 e. The highest BCUT2D eigenvalue weighted by atomic mass is 32.2. The number of hydrogen-bond acceptors (Lipinski definition) is 3. The summed E-state index contributed by atoms with van der Waals surface area (Å²) in [7, 11) is -3.34. The third kappa shape index (κ3) is 3.54. The maximum atomic E-state index is 12.1. The Labute approximate surface area is 108 Å². The lowest BCUT2D eigenvalue weighted by atomic mass is 10.2. The predicted octanol–water partition coefficient (Wildman–Crippen LogP) is 0.592. The van der Waals surface area contributed by atoms with Gasteiger partial charge in [-0.05, 0) is 25.8 Å². The van der Waals surface area contributed by atoms with Crippen LogP contribution in [0.25, 0.3) is 0 Å². The first-order valence-corrected chi connectivity index (χ1v) is 7.77. The molecule has 0 saturated carbocycles. The molecule has 1 saturated heterocycles. The Morgan fingerprint density at radius 1 is 1.33 bits per heavy atom. The van der Waals surface area contributed by atoms with E-state index in [-0.39, 0.29) is 6.04 Å². The average Bonchev–Trinajstić information content (AvgIpc) is 2.82. The van der Waals surface area contributed by atoms with Crippen molar-refractivity contribution in [3.05, 3.63) is 18.5 Å². The molecule has 0 unspecified atom stereocenters. The molecule has 0 amide bonds. The van der Waals surface area contributed by atoms with Gasteiger partial charge in [0.2, 0.25) is 0 Å². The van der Waals surface area contributed by atoms with Gasteiger partial charge in [-0.2, -0.15) is 22.5 Å². The minimum absolute atomic E-state index is 0.170. The Bertz CT molecular complexity index is 451. The molecule has 0 spiro atoms.